The molecule has 1 aromatic heterocycles. The summed E-state index contributed by atoms with van der Waals surface area (Å²) in [6, 6.07) is 1.92. The molecule has 0 aliphatic heterocycles. The van der Waals surface area contributed by atoms with Gasteiger partial charge in [0.1, 0.15) is 0 Å². The van der Waals surface area contributed by atoms with E-state index in [1.54, 1.807) is 11.8 Å². The second kappa shape index (κ2) is 7.63. The Morgan fingerprint density at radius 2 is 2.19 bits per heavy atom. The van der Waals surface area contributed by atoms with Gasteiger partial charge in [0, 0.05) is 24.2 Å². The highest BCUT2D eigenvalue weighted by molar-refractivity contribution is 7.99. The summed E-state index contributed by atoms with van der Waals surface area (Å²) in [5.74, 6) is 1.81. The number of nitrogens with one attached hydrogen (secondary N) is 1. The maximum absolute atomic E-state index is 4.34. The van der Waals surface area contributed by atoms with Crippen LogP contribution in [0.3, 0.4) is 0 Å². The van der Waals surface area contributed by atoms with E-state index in [0.717, 1.165) is 35.6 Å². The van der Waals surface area contributed by atoms with Gasteiger partial charge in [-0.15, -0.1) is 0 Å². The molecule has 1 aromatic rings. The molecule has 0 aromatic carbocycles. The molecule has 0 amide bonds. The molecule has 4 heteroatoms. The maximum atomic E-state index is 4.34. The Labute approximate surface area is 102 Å². The molecule has 16 heavy (non-hydrogen) atoms. The van der Waals surface area contributed by atoms with Gasteiger partial charge in [0.05, 0.1) is 0 Å². The van der Waals surface area contributed by atoms with Crippen molar-refractivity contribution in [2.45, 2.75) is 32.3 Å². The Bertz CT molecular complexity index is 302. The van der Waals surface area contributed by atoms with Crippen molar-refractivity contribution in [3.63, 3.8) is 0 Å². The van der Waals surface area contributed by atoms with Gasteiger partial charge in [-0.1, -0.05) is 25.6 Å². The van der Waals surface area contributed by atoms with Crippen LogP contribution in [-0.4, -0.2) is 28.8 Å². The molecule has 0 unspecified atom stereocenters. The fourth-order valence-corrected chi connectivity index (χ4v) is 2.00. The second-order valence-corrected chi connectivity index (χ2v) is 5.32. The second-order valence-electron chi connectivity index (χ2n) is 4.26. The van der Waals surface area contributed by atoms with Crippen LogP contribution in [0.15, 0.2) is 17.4 Å². The summed E-state index contributed by atoms with van der Waals surface area (Å²) in [5.41, 5.74) is 1.03. The van der Waals surface area contributed by atoms with Crippen LogP contribution in [0.2, 0.25) is 0 Å². The van der Waals surface area contributed by atoms with Gasteiger partial charge < -0.3 is 5.32 Å². The average Bonchev–Trinajstić information content (AvgIpc) is 2.23. The lowest BCUT2D eigenvalue weighted by Gasteiger charge is -2.06. The smallest absolute Gasteiger partial charge is 0.187 e. The minimum Gasteiger partial charge on any atom is -0.316 e. The van der Waals surface area contributed by atoms with E-state index in [4.69, 9.17) is 0 Å². The first-order chi connectivity index (χ1) is 7.68. The summed E-state index contributed by atoms with van der Waals surface area (Å²) in [6.45, 7) is 8.61. The highest BCUT2D eigenvalue weighted by Crippen LogP contribution is 2.10. The molecule has 0 radical (unpaired) electrons. The van der Waals surface area contributed by atoms with Crippen molar-refractivity contribution >= 4 is 11.8 Å². The van der Waals surface area contributed by atoms with E-state index >= 15 is 0 Å². The summed E-state index contributed by atoms with van der Waals surface area (Å²) in [5, 5.41) is 4.31. The van der Waals surface area contributed by atoms with Crippen molar-refractivity contribution in [3.05, 3.63) is 18.0 Å². The number of aryl methyl sites for hydroxylation is 1. The van der Waals surface area contributed by atoms with E-state index in [9.17, 15) is 0 Å². The third kappa shape index (κ3) is 6.08. The zero-order valence-corrected chi connectivity index (χ0v) is 11.2. The first kappa shape index (κ1) is 13.5. The van der Waals surface area contributed by atoms with Gasteiger partial charge in [-0.2, -0.15) is 0 Å². The van der Waals surface area contributed by atoms with E-state index in [0.29, 0.717) is 0 Å². The molecule has 0 aliphatic rings. The first-order valence-corrected chi connectivity index (χ1v) is 6.80. The van der Waals surface area contributed by atoms with Crippen LogP contribution in [0.25, 0.3) is 0 Å². The third-order valence-corrected chi connectivity index (χ3v) is 3.04. The number of hydrogen-bond acceptors (Lipinski definition) is 4. The number of thioether (sulfide) groups is 1. The van der Waals surface area contributed by atoms with Crippen molar-refractivity contribution in [2.75, 3.05) is 18.8 Å². The number of hydrogen-bond donors (Lipinski definition) is 1. The Morgan fingerprint density at radius 3 is 2.88 bits per heavy atom. The largest absolute Gasteiger partial charge is 0.316 e. The average molecular weight is 239 g/mol. The molecule has 0 bridgehead atoms. The molecule has 1 rings (SSSR count). The minimum absolute atomic E-state index is 0.778. The van der Waals surface area contributed by atoms with Crippen LogP contribution in [0.5, 0.6) is 0 Å². The normalized spacial score (nSPS) is 11.0. The lowest BCUT2D eigenvalue weighted by atomic mass is 10.1. The molecule has 1 N–H and O–H groups in total. The molecule has 1 heterocycles. The molecule has 0 saturated heterocycles. The highest BCUT2D eigenvalue weighted by atomic mass is 32.2. The molecule has 0 spiro atoms. The van der Waals surface area contributed by atoms with Crippen LogP contribution < -0.4 is 5.32 Å². The zero-order valence-electron chi connectivity index (χ0n) is 10.4. The Hall–Kier alpha value is -0.610. The van der Waals surface area contributed by atoms with Crippen LogP contribution in [0.4, 0.5) is 0 Å². The van der Waals surface area contributed by atoms with Gasteiger partial charge in [-0.05, 0) is 31.9 Å². The number of rotatable bonds is 7. The van der Waals surface area contributed by atoms with E-state index in [-0.39, 0.29) is 0 Å². The monoisotopic (exact) mass is 239 g/mol. The molecule has 90 valence electrons. The number of nitrogens with zero attached hydrogens (tertiary/aromatic N) is 2. The van der Waals surface area contributed by atoms with E-state index < -0.39 is 0 Å². The summed E-state index contributed by atoms with van der Waals surface area (Å²) < 4.78 is 0. The maximum Gasteiger partial charge on any atom is 0.187 e. The van der Waals surface area contributed by atoms with Crippen LogP contribution in [0.1, 0.15) is 26.0 Å². The topological polar surface area (TPSA) is 37.8 Å². The fourth-order valence-electron chi connectivity index (χ4n) is 1.23. The number of aromatic nitrogens is 2. The van der Waals surface area contributed by atoms with Crippen molar-refractivity contribution in [1.29, 1.82) is 0 Å². The SMILES string of the molecule is Cc1ccnc(SCCNCCC(C)C)n1. The van der Waals surface area contributed by atoms with Gasteiger partial charge in [0.15, 0.2) is 5.16 Å². The van der Waals surface area contributed by atoms with Gasteiger partial charge in [-0.3, -0.25) is 0 Å². The Balaban J connectivity index is 2.07. The van der Waals surface area contributed by atoms with Crippen molar-refractivity contribution in [3.8, 4) is 0 Å². The van der Waals surface area contributed by atoms with E-state index in [1.807, 2.05) is 19.2 Å². The predicted octanol–water partition coefficient (Wildman–Crippen LogP) is 2.51. The van der Waals surface area contributed by atoms with Crippen LogP contribution >= 0.6 is 11.8 Å². The molecule has 0 saturated carbocycles. The van der Waals surface area contributed by atoms with Crippen molar-refractivity contribution < 1.29 is 0 Å². The van der Waals surface area contributed by atoms with Crippen LogP contribution in [0, 0.1) is 12.8 Å². The lowest BCUT2D eigenvalue weighted by molar-refractivity contribution is 0.547. The third-order valence-electron chi connectivity index (χ3n) is 2.18. The molecule has 0 fully saturated rings. The van der Waals surface area contributed by atoms with Gasteiger partial charge in [0.2, 0.25) is 0 Å². The molecular formula is C12H21N3S. The van der Waals surface area contributed by atoms with Gasteiger partial charge >= 0.3 is 0 Å². The summed E-state index contributed by atoms with van der Waals surface area (Å²) in [6.07, 6.45) is 3.06. The molecule has 3 nitrogen and oxygen atoms in total. The summed E-state index contributed by atoms with van der Waals surface area (Å²) >= 11 is 1.71. The minimum atomic E-state index is 0.778. The van der Waals surface area contributed by atoms with Gasteiger partial charge in [-0.25, -0.2) is 9.97 Å². The highest BCUT2D eigenvalue weighted by Gasteiger charge is 1.97. The fraction of sp³-hybridized carbons (Fsp3) is 0.667. The predicted molar refractivity (Wildman–Crippen MR) is 69.8 cm³/mol. The molecular weight excluding hydrogens is 218 g/mol. The summed E-state index contributed by atoms with van der Waals surface area (Å²) in [7, 11) is 0. The van der Waals surface area contributed by atoms with Crippen molar-refractivity contribution in [2.24, 2.45) is 5.92 Å². The van der Waals surface area contributed by atoms with E-state index in [1.165, 1.54) is 6.42 Å². The standard InChI is InChI=1S/C12H21N3S/c1-10(2)4-6-13-8-9-16-12-14-7-5-11(3)15-12/h5,7,10,13H,4,6,8-9H2,1-3H3. The Morgan fingerprint density at radius 1 is 1.38 bits per heavy atom. The quantitative estimate of drug-likeness (QED) is 0.451. The van der Waals surface area contributed by atoms with E-state index in [2.05, 4.69) is 29.1 Å². The first-order valence-electron chi connectivity index (χ1n) is 5.81. The Kier molecular flexibility index (Phi) is 6.42. The van der Waals surface area contributed by atoms with Crippen LogP contribution in [-0.2, 0) is 0 Å². The lowest BCUT2D eigenvalue weighted by Crippen LogP contribution is -2.19. The van der Waals surface area contributed by atoms with Crippen molar-refractivity contribution in [1.82, 2.24) is 15.3 Å². The molecule has 0 aliphatic carbocycles. The zero-order chi connectivity index (χ0) is 11.8. The van der Waals surface area contributed by atoms with Gasteiger partial charge in [0.25, 0.3) is 0 Å². The summed E-state index contributed by atoms with van der Waals surface area (Å²) in [4.78, 5) is 8.55. The molecule has 0 atom stereocenters.